The van der Waals surface area contributed by atoms with Crippen LogP contribution in [0.2, 0.25) is 0 Å². The van der Waals surface area contributed by atoms with Crippen LogP contribution in [0.1, 0.15) is 56.9 Å². The van der Waals surface area contributed by atoms with Gasteiger partial charge in [-0.05, 0) is 37.8 Å². The van der Waals surface area contributed by atoms with Crippen LogP contribution < -0.4 is 14.8 Å². The highest BCUT2D eigenvalue weighted by atomic mass is 16.5. The zero-order valence-corrected chi connectivity index (χ0v) is 21.2. The molecule has 0 saturated heterocycles. The fourth-order valence-electron chi connectivity index (χ4n) is 5.20. The number of aromatic nitrogens is 3. The van der Waals surface area contributed by atoms with Crippen molar-refractivity contribution in [2.75, 3.05) is 32.1 Å². The van der Waals surface area contributed by atoms with Gasteiger partial charge in [-0.1, -0.05) is 19.3 Å². The van der Waals surface area contributed by atoms with E-state index in [2.05, 4.69) is 30.2 Å². The van der Waals surface area contributed by atoms with Gasteiger partial charge in [-0.2, -0.15) is 0 Å². The summed E-state index contributed by atoms with van der Waals surface area (Å²) in [7, 11) is 1.59. The van der Waals surface area contributed by atoms with Crippen molar-refractivity contribution < 1.29 is 19.4 Å². The minimum Gasteiger partial charge on any atom is -0.494 e. The predicted octanol–water partition coefficient (Wildman–Crippen LogP) is 4.56. The quantitative estimate of drug-likeness (QED) is 0.465. The second-order valence-electron chi connectivity index (χ2n) is 9.54. The second kappa shape index (κ2) is 11.5. The molecular formula is C27H34N6O4. The Balaban J connectivity index is 1.47. The summed E-state index contributed by atoms with van der Waals surface area (Å²) >= 11 is 0. The number of hydrogen-bond donors (Lipinski definition) is 3. The zero-order chi connectivity index (χ0) is 25.6. The summed E-state index contributed by atoms with van der Waals surface area (Å²) in [5.41, 5.74) is 1.65. The summed E-state index contributed by atoms with van der Waals surface area (Å²) in [6, 6.07) is 5.70. The van der Waals surface area contributed by atoms with Crippen LogP contribution in [-0.4, -0.2) is 69.9 Å². The molecule has 0 atom stereocenters. The number of aromatic hydroxyl groups is 1. The van der Waals surface area contributed by atoms with Crippen molar-refractivity contribution in [3.63, 3.8) is 0 Å². The molecule has 37 heavy (non-hydrogen) atoms. The van der Waals surface area contributed by atoms with Crippen molar-refractivity contribution in [3.8, 4) is 17.4 Å². The number of fused-ring (bicyclic) bond motifs is 2. The number of methoxy groups -OCH3 is 1. The van der Waals surface area contributed by atoms with E-state index in [1.807, 2.05) is 6.07 Å². The number of carbonyl (C=O) groups excluding carboxylic acids is 1. The first-order chi connectivity index (χ1) is 18.1. The molecule has 3 N–H and O–H groups in total. The normalized spacial score (nSPS) is 18.1. The highest BCUT2D eigenvalue weighted by Gasteiger charge is 2.25. The number of aromatic amines is 1. The standard InChI is InChI=1S/C27H34N6O4/c1-36-21-11-10-18-15-22(21)37-14-5-9-23(34)33(19-7-3-2-4-8-19)13-6-12-28-25-24-20(16-29-18)27(35)32-26(24)31-17-30-25/h10-11,15-17,19,35H,2-9,12-14H2,1H3,(H2,28,30,31,32). The lowest BCUT2D eigenvalue weighted by atomic mass is 9.93. The van der Waals surface area contributed by atoms with E-state index in [-0.39, 0.29) is 11.8 Å². The lowest BCUT2D eigenvalue weighted by molar-refractivity contribution is -0.134. The topological polar surface area (TPSA) is 125 Å². The van der Waals surface area contributed by atoms with E-state index in [0.717, 1.165) is 19.3 Å². The first kappa shape index (κ1) is 24.9. The number of amides is 1. The Bertz CT molecular complexity index is 1270. The van der Waals surface area contributed by atoms with E-state index in [0.29, 0.717) is 78.2 Å². The number of H-pyrrole nitrogens is 1. The number of ether oxygens (including phenoxy) is 2. The molecule has 1 aliphatic heterocycles. The molecule has 1 aromatic carbocycles. The van der Waals surface area contributed by atoms with Gasteiger partial charge in [-0.15, -0.1) is 0 Å². The van der Waals surface area contributed by atoms with Crippen molar-refractivity contribution in [3.05, 3.63) is 30.1 Å². The molecule has 10 heteroatoms. The van der Waals surface area contributed by atoms with Crippen molar-refractivity contribution in [2.45, 2.75) is 57.4 Å². The molecular weight excluding hydrogens is 472 g/mol. The predicted molar refractivity (Wildman–Crippen MR) is 142 cm³/mol. The number of carbonyl (C=O) groups is 1. The molecule has 2 aromatic heterocycles. The van der Waals surface area contributed by atoms with Crippen molar-refractivity contribution in [2.24, 2.45) is 4.99 Å². The SMILES string of the molecule is COc1ccc2cc1OCCCC(=O)N(C1CCCCC1)CCCNc1ncnc3[nH]c(O)c(c13)C=N2. The molecule has 196 valence electrons. The van der Waals surface area contributed by atoms with Crippen molar-refractivity contribution >= 4 is 34.7 Å². The molecule has 0 radical (unpaired) electrons. The second-order valence-corrected chi connectivity index (χ2v) is 9.54. The van der Waals surface area contributed by atoms with Crippen molar-refractivity contribution in [1.82, 2.24) is 19.9 Å². The molecule has 0 spiro atoms. The number of nitrogens with one attached hydrogen (secondary N) is 2. The minimum atomic E-state index is -0.0317. The monoisotopic (exact) mass is 506 g/mol. The third-order valence-corrected chi connectivity index (χ3v) is 7.10. The molecule has 1 saturated carbocycles. The molecule has 5 rings (SSSR count). The zero-order valence-electron chi connectivity index (χ0n) is 21.2. The van der Waals surface area contributed by atoms with Gasteiger partial charge in [0.1, 0.15) is 17.8 Å². The fraction of sp³-hybridized carbons (Fsp3) is 0.481. The summed E-state index contributed by atoms with van der Waals surface area (Å²) < 4.78 is 11.5. The van der Waals surface area contributed by atoms with Crippen molar-refractivity contribution in [1.29, 1.82) is 0 Å². The summed E-state index contributed by atoms with van der Waals surface area (Å²) in [6.07, 6.45) is 10.6. The van der Waals surface area contributed by atoms with Gasteiger partial charge < -0.3 is 29.8 Å². The first-order valence-electron chi connectivity index (χ1n) is 13.1. The summed E-state index contributed by atoms with van der Waals surface area (Å²) in [4.78, 5) is 31.5. The number of benzene rings is 1. The van der Waals surface area contributed by atoms with Crippen LogP contribution in [0.5, 0.6) is 17.4 Å². The number of aliphatic imine (C=N–C) groups is 1. The van der Waals surface area contributed by atoms with Gasteiger partial charge >= 0.3 is 0 Å². The molecule has 3 heterocycles. The Kier molecular flexibility index (Phi) is 7.72. The van der Waals surface area contributed by atoms with Crippen LogP contribution in [0.25, 0.3) is 11.0 Å². The maximum absolute atomic E-state index is 13.3. The number of nitrogens with zero attached hydrogens (tertiary/aromatic N) is 4. The molecule has 1 aliphatic carbocycles. The smallest absolute Gasteiger partial charge is 0.222 e. The molecule has 3 aromatic rings. The number of anilines is 1. The third-order valence-electron chi connectivity index (χ3n) is 7.10. The summed E-state index contributed by atoms with van der Waals surface area (Å²) in [5, 5.41) is 14.6. The van der Waals surface area contributed by atoms with Gasteiger partial charge in [0.15, 0.2) is 17.4 Å². The molecule has 1 amide bonds. The van der Waals surface area contributed by atoms with Gasteiger partial charge in [-0.25, -0.2) is 9.97 Å². The van der Waals surface area contributed by atoms with Crippen LogP contribution in [0, 0.1) is 0 Å². The van der Waals surface area contributed by atoms with Gasteiger partial charge in [0.05, 0.1) is 30.4 Å². The fourth-order valence-corrected chi connectivity index (χ4v) is 5.20. The third kappa shape index (κ3) is 5.63. The average Bonchev–Trinajstić information content (AvgIpc) is 3.25. The van der Waals surface area contributed by atoms with E-state index < -0.39 is 0 Å². The van der Waals surface area contributed by atoms with Crippen LogP contribution in [0.3, 0.4) is 0 Å². The van der Waals surface area contributed by atoms with Crippen LogP contribution >= 0.6 is 0 Å². The van der Waals surface area contributed by atoms with Crippen LogP contribution in [0.4, 0.5) is 11.5 Å². The minimum absolute atomic E-state index is 0.0317. The lowest BCUT2D eigenvalue weighted by Gasteiger charge is -2.34. The maximum Gasteiger partial charge on any atom is 0.222 e. The molecule has 10 nitrogen and oxygen atoms in total. The molecule has 0 unspecified atom stereocenters. The molecule has 2 aliphatic rings. The van der Waals surface area contributed by atoms with Gasteiger partial charge in [0.25, 0.3) is 0 Å². The number of rotatable bonds is 2. The highest BCUT2D eigenvalue weighted by Crippen LogP contribution is 2.33. The summed E-state index contributed by atoms with van der Waals surface area (Å²) in [6.45, 7) is 1.73. The van der Waals surface area contributed by atoms with Crippen LogP contribution in [0.15, 0.2) is 29.5 Å². The van der Waals surface area contributed by atoms with E-state index >= 15 is 0 Å². The van der Waals surface area contributed by atoms with Gasteiger partial charge in [0.2, 0.25) is 5.91 Å². The summed E-state index contributed by atoms with van der Waals surface area (Å²) in [5.74, 6) is 1.92. The maximum atomic E-state index is 13.3. The van der Waals surface area contributed by atoms with Gasteiger partial charge in [-0.3, -0.25) is 9.79 Å². The lowest BCUT2D eigenvalue weighted by Crippen LogP contribution is -2.42. The molecule has 1 fully saturated rings. The van der Waals surface area contributed by atoms with E-state index in [1.165, 1.54) is 25.6 Å². The first-order valence-corrected chi connectivity index (χ1v) is 13.1. The average molecular weight is 507 g/mol. The van der Waals surface area contributed by atoms with E-state index in [9.17, 15) is 9.90 Å². The largest absolute Gasteiger partial charge is 0.494 e. The highest BCUT2D eigenvalue weighted by molar-refractivity contribution is 6.06. The Hall–Kier alpha value is -3.82. The van der Waals surface area contributed by atoms with E-state index in [4.69, 9.17) is 9.47 Å². The Labute approximate surface area is 216 Å². The Morgan fingerprint density at radius 3 is 2.84 bits per heavy atom. The number of hydrogen-bond acceptors (Lipinski definition) is 8. The Morgan fingerprint density at radius 1 is 1.14 bits per heavy atom. The van der Waals surface area contributed by atoms with E-state index in [1.54, 1.807) is 25.5 Å². The molecule has 2 bridgehead atoms. The van der Waals surface area contributed by atoms with Crippen LogP contribution in [-0.2, 0) is 4.79 Å². The Morgan fingerprint density at radius 2 is 2.00 bits per heavy atom. The van der Waals surface area contributed by atoms with Gasteiger partial charge in [0, 0.05) is 37.8 Å².